The first-order chi connectivity index (χ1) is 8.97. The van der Waals surface area contributed by atoms with Crippen molar-refractivity contribution >= 4 is 11.7 Å². The Balaban J connectivity index is 2.23. The largest absolute Gasteiger partial charge is 0.385 e. The molecule has 19 heavy (non-hydrogen) atoms. The minimum Gasteiger partial charge on any atom is -0.385 e. The second kappa shape index (κ2) is 5.52. The molecule has 1 aliphatic rings. The van der Waals surface area contributed by atoms with Gasteiger partial charge in [0.05, 0.1) is 13.2 Å². The number of aryl methyl sites for hydroxylation is 1. The van der Waals surface area contributed by atoms with Gasteiger partial charge >= 0.3 is 0 Å². The van der Waals surface area contributed by atoms with Crippen molar-refractivity contribution in [2.24, 2.45) is 5.73 Å². The van der Waals surface area contributed by atoms with Crippen LogP contribution in [0.15, 0.2) is 6.07 Å². The minimum atomic E-state index is -0.341. The molecule has 1 aromatic heterocycles. The summed E-state index contributed by atoms with van der Waals surface area (Å²) in [5, 5.41) is 7.49. The lowest BCUT2D eigenvalue weighted by Gasteiger charge is -2.33. The molecule has 0 bridgehead atoms. The maximum Gasteiger partial charge on any atom is 0.133 e. The van der Waals surface area contributed by atoms with Gasteiger partial charge in [0.1, 0.15) is 23.6 Å². The third-order valence-electron chi connectivity index (χ3n) is 3.11. The van der Waals surface area contributed by atoms with E-state index < -0.39 is 0 Å². The molecule has 0 aliphatic carbocycles. The first kappa shape index (κ1) is 13.7. The summed E-state index contributed by atoms with van der Waals surface area (Å²) in [6, 6.07) is 1.97. The molecule has 0 spiro atoms. The Labute approximate surface area is 113 Å². The molecule has 1 aromatic rings. The molecule has 0 amide bonds. The van der Waals surface area contributed by atoms with Crippen molar-refractivity contribution in [1.82, 2.24) is 9.97 Å². The highest BCUT2D eigenvalue weighted by Crippen LogP contribution is 2.19. The van der Waals surface area contributed by atoms with Crippen LogP contribution in [0.3, 0.4) is 0 Å². The van der Waals surface area contributed by atoms with Crippen LogP contribution in [0.2, 0.25) is 0 Å². The number of amidine groups is 1. The maximum atomic E-state index is 7.49. The van der Waals surface area contributed by atoms with Gasteiger partial charge in [-0.05, 0) is 6.92 Å². The van der Waals surface area contributed by atoms with Gasteiger partial charge in [0, 0.05) is 24.2 Å². The summed E-state index contributed by atoms with van der Waals surface area (Å²) in [6.45, 7) is 8.03. The van der Waals surface area contributed by atoms with Crippen LogP contribution in [0.1, 0.15) is 31.3 Å². The predicted molar refractivity (Wildman–Crippen MR) is 74.7 cm³/mol. The number of nitrogens with two attached hydrogens (primary N) is 1. The Morgan fingerprint density at radius 3 is 2.89 bits per heavy atom. The van der Waals surface area contributed by atoms with Crippen molar-refractivity contribution in [3.63, 3.8) is 0 Å². The van der Waals surface area contributed by atoms with Gasteiger partial charge in [0.25, 0.3) is 0 Å². The number of morpholine rings is 1. The summed E-state index contributed by atoms with van der Waals surface area (Å²) in [5.41, 5.74) is 6.47. The highest BCUT2D eigenvalue weighted by Gasteiger charge is 2.24. The van der Waals surface area contributed by atoms with Crippen molar-refractivity contribution in [3.8, 4) is 0 Å². The number of hydrogen-bond acceptors (Lipinski definition) is 5. The minimum absolute atomic E-state index is 0.0690. The van der Waals surface area contributed by atoms with Gasteiger partial charge in [-0.25, -0.2) is 9.97 Å². The van der Waals surface area contributed by atoms with Crippen molar-refractivity contribution in [2.75, 3.05) is 24.6 Å². The molecule has 1 aliphatic heterocycles. The van der Waals surface area contributed by atoms with Crippen LogP contribution in [0.25, 0.3) is 0 Å². The Morgan fingerprint density at radius 2 is 2.26 bits per heavy atom. The maximum absolute atomic E-state index is 7.49. The summed E-state index contributed by atoms with van der Waals surface area (Å²) < 4.78 is 5.46. The van der Waals surface area contributed by atoms with Gasteiger partial charge in [-0.1, -0.05) is 13.8 Å². The molecule has 6 nitrogen and oxygen atoms in total. The van der Waals surface area contributed by atoms with Gasteiger partial charge in [-0.15, -0.1) is 0 Å². The molecule has 1 saturated heterocycles. The first-order valence-corrected chi connectivity index (χ1v) is 6.53. The third-order valence-corrected chi connectivity index (χ3v) is 3.11. The van der Waals surface area contributed by atoms with E-state index >= 15 is 0 Å². The number of ether oxygens (including phenoxy) is 1. The molecule has 0 aromatic carbocycles. The molecule has 0 radical (unpaired) electrons. The topological polar surface area (TPSA) is 88.1 Å². The highest BCUT2D eigenvalue weighted by molar-refractivity contribution is 5.82. The smallest absolute Gasteiger partial charge is 0.133 e. The van der Waals surface area contributed by atoms with E-state index in [9.17, 15) is 0 Å². The number of anilines is 1. The molecule has 3 N–H and O–H groups in total. The molecule has 6 heteroatoms. The van der Waals surface area contributed by atoms with E-state index in [2.05, 4.69) is 28.7 Å². The number of aromatic nitrogens is 2. The average Bonchev–Trinajstić information content (AvgIpc) is 2.38. The molecule has 2 heterocycles. The zero-order chi connectivity index (χ0) is 14.0. The van der Waals surface area contributed by atoms with E-state index in [1.807, 2.05) is 13.0 Å². The lowest BCUT2D eigenvalue weighted by Crippen LogP contribution is -2.48. The van der Waals surface area contributed by atoms with Crippen molar-refractivity contribution in [3.05, 3.63) is 17.6 Å². The average molecular weight is 263 g/mol. The first-order valence-electron chi connectivity index (χ1n) is 6.53. The van der Waals surface area contributed by atoms with Crippen LogP contribution in [0.4, 0.5) is 5.82 Å². The summed E-state index contributed by atoms with van der Waals surface area (Å²) in [5.74, 6) is 2.11. The Morgan fingerprint density at radius 1 is 1.53 bits per heavy atom. The fraction of sp³-hybridized carbons (Fsp3) is 0.615. The summed E-state index contributed by atoms with van der Waals surface area (Å²) in [4.78, 5) is 11.2. The lowest BCUT2D eigenvalue weighted by molar-refractivity contribution is 0.0823. The monoisotopic (exact) mass is 263 g/mol. The third kappa shape index (κ3) is 3.20. The number of rotatable bonds is 3. The summed E-state index contributed by atoms with van der Waals surface area (Å²) in [7, 11) is 0. The second-order valence-electron chi connectivity index (χ2n) is 5.14. The van der Waals surface area contributed by atoms with Crippen LogP contribution >= 0.6 is 0 Å². The SMILES string of the molecule is Cc1cc(N2CCOC(C(=N)N)C2)nc(C(C)C)n1. The summed E-state index contributed by atoms with van der Waals surface area (Å²) >= 11 is 0. The van der Waals surface area contributed by atoms with E-state index in [0.29, 0.717) is 19.1 Å². The van der Waals surface area contributed by atoms with E-state index in [1.54, 1.807) is 0 Å². The van der Waals surface area contributed by atoms with Crippen LogP contribution < -0.4 is 10.6 Å². The zero-order valence-electron chi connectivity index (χ0n) is 11.7. The van der Waals surface area contributed by atoms with Crippen molar-refractivity contribution in [1.29, 1.82) is 5.41 Å². The van der Waals surface area contributed by atoms with E-state index in [0.717, 1.165) is 23.9 Å². The zero-order valence-corrected chi connectivity index (χ0v) is 11.7. The molecular formula is C13H21N5O. The normalized spacial score (nSPS) is 19.8. The molecule has 1 unspecified atom stereocenters. The standard InChI is InChI=1S/C13H21N5O/c1-8(2)13-16-9(3)6-11(17-13)18-4-5-19-10(7-18)12(14)15/h6,8,10H,4-5,7H2,1-3H3,(H3,14,15). The van der Waals surface area contributed by atoms with Gasteiger partial charge in [-0.3, -0.25) is 5.41 Å². The van der Waals surface area contributed by atoms with Crippen LogP contribution in [0, 0.1) is 12.3 Å². The molecule has 1 fully saturated rings. The van der Waals surface area contributed by atoms with Crippen LogP contribution in [-0.4, -0.2) is 41.6 Å². The van der Waals surface area contributed by atoms with Gasteiger partial charge in [0.15, 0.2) is 0 Å². The molecule has 104 valence electrons. The van der Waals surface area contributed by atoms with E-state index in [-0.39, 0.29) is 11.9 Å². The second-order valence-corrected chi connectivity index (χ2v) is 5.14. The molecular weight excluding hydrogens is 242 g/mol. The Kier molecular flexibility index (Phi) is 3.99. The van der Waals surface area contributed by atoms with E-state index in [1.165, 1.54) is 0 Å². The number of hydrogen-bond donors (Lipinski definition) is 2. The van der Waals surface area contributed by atoms with Gasteiger partial charge < -0.3 is 15.4 Å². The molecule has 1 atom stereocenters. The lowest BCUT2D eigenvalue weighted by atomic mass is 10.2. The van der Waals surface area contributed by atoms with Crippen LogP contribution in [0.5, 0.6) is 0 Å². The van der Waals surface area contributed by atoms with Crippen LogP contribution in [-0.2, 0) is 4.74 Å². The van der Waals surface area contributed by atoms with Crippen molar-refractivity contribution in [2.45, 2.75) is 32.8 Å². The Bertz CT molecular complexity index is 474. The number of nitrogens with zero attached hydrogens (tertiary/aromatic N) is 3. The summed E-state index contributed by atoms with van der Waals surface area (Å²) in [6.07, 6.45) is -0.341. The number of nitrogens with one attached hydrogen (secondary N) is 1. The predicted octanol–water partition coefficient (Wildman–Crippen LogP) is 1.05. The fourth-order valence-electron chi connectivity index (χ4n) is 2.04. The van der Waals surface area contributed by atoms with Crippen molar-refractivity contribution < 1.29 is 4.74 Å². The van der Waals surface area contributed by atoms with Gasteiger partial charge in [0.2, 0.25) is 0 Å². The highest BCUT2D eigenvalue weighted by atomic mass is 16.5. The van der Waals surface area contributed by atoms with Gasteiger partial charge in [-0.2, -0.15) is 0 Å². The fourth-order valence-corrected chi connectivity index (χ4v) is 2.04. The molecule has 2 rings (SSSR count). The van der Waals surface area contributed by atoms with E-state index in [4.69, 9.17) is 15.9 Å². The Hall–Kier alpha value is -1.69. The molecule has 0 saturated carbocycles. The quantitative estimate of drug-likeness (QED) is 0.628.